The van der Waals surface area contributed by atoms with Gasteiger partial charge in [-0.05, 0) is 151 Å². The van der Waals surface area contributed by atoms with Gasteiger partial charge >= 0.3 is 5.97 Å². The molecule has 0 aromatic heterocycles. The smallest absolute Gasteiger partial charge is 0.340 e. The third kappa shape index (κ3) is 4.03. The molecule has 9 atom stereocenters. The first-order valence-electron chi connectivity index (χ1n) is 16.5. The van der Waals surface area contributed by atoms with Gasteiger partial charge in [0.2, 0.25) is 5.24 Å². The number of hydrogen-bond acceptors (Lipinski definition) is 3. The van der Waals surface area contributed by atoms with Gasteiger partial charge in [-0.3, -0.25) is 4.79 Å². The molecular weight excluding hydrogens is 559 g/mol. The maximum atomic E-state index is 15.1. The van der Waals surface area contributed by atoms with Crippen molar-refractivity contribution in [3.8, 4) is 0 Å². The number of halogens is 2. The molecular formula is C38H50ClFO3. The third-order valence-electron chi connectivity index (χ3n) is 14.7. The van der Waals surface area contributed by atoms with Crippen molar-refractivity contribution in [2.45, 2.75) is 99.3 Å². The monoisotopic (exact) mass is 608 g/mol. The van der Waals surface area contributed by atoms with Crippen LogP contribution in [0.1, 0.15) is 115 Å². The molecule has 0 heterocycles. The first kappa shape index (κ1) is 31.1. The number of fused-ring (bicyclic) bond motifs is 7. The molecule has 43 heavy (non-hydrogen) atoms. The van der Waals surface area contributed by atoms with Gasteiger partial charge in [-0.15, -0.1) is 0 Å². The van der Waals surface area contributed by atoms with Crippen LogP contribution in [0.15, 0.2) is 36.4 Å². The second-order valence-corrected chi connectivity index (χ2v) is 16.7. The zero-order valence-electron chi connectivity index (χ0n) is 27.2. The number of carbonyl (C=O) groups excluding carboxylic acids is 2. The standard InChI is InChI=1S/C38H50ClFO3/c1-22(2)24-13-18-38(33(39)42)20-19-36(6)27(31(24)38)11-12-30-35(5)16-14-26(34(3,4)29(35)15-17-37(30,36)7)23-9-10-25(28(40)21-23)32(41)43-8/h9-10,14,21,24,27,29-31H,1,11-13,15-20H2,2-8H3/t24-,27+,29-,30+,31+,35-,36+,37+,38-/m0/s1. The second kappa shape index (κ2) is 10.0. The predicted molar refractivity (Wildman–Crippen MR) is 171 cm³/mol. The Hall–Kier alpha value is -1.94. The van der Waals surface area contributed by atoms with Crippen LogP contribution in [0.2, 0.25) is 0 Å². The van der Waals surface area contributed by atoms with E-state index in [2.05, 4.69) is 54.2 Å². The molecule has 5 aliphatic rings. The van der Waals surface area contributed by atoms with Gasteiger partial charge in [-0.2, -0.15) is 0 Å². The Morgan fingerprint density at radius 1 is 0.953 bits per heavy atom. The molecule has 5 heteroatoms. The van der Waals surface area contributed by atoms with Gasteiger partial charge in [0.15, 0.2) is 0 Å². The molecule has 5 aliphatic carbocycles. The Morgan fingerprint density at radius 3 is 2.30 bits per heavy atom. The lowest BCUT2D eigenvalue weighted by Crippen LogP contribution is -2.65. The van der Waals surface area contributed by atoms with E-state index in [4.69, 9.17) is 16.3 Å². The fraction of sp³-hybridized carbons (Fsp3) is 0.684. The zero-order chi connectivity index (χ0) is 31.3. The van der Waals surface area contributed by atoms with Crippen LogP contribution < -0.4 is 0 Å². The largest absolute Gasteiger partial charge is 0.465 e. The lowest BCUT2D eigenvalue weighted by molar-refractivity contribution is -0.223. The van der Waals surface area contributed by atoms with E-state index in [0.717, 1.165) is 50.5 Å². The first-order chi connectivity index (χ1) is 20.1. The summed E-state index contributed by atoms with van der Waals surface area (Å²) in [7, 11) is 1.28. The van der Waals surface area contributed by atoms with Crippen LogP contribution in [-0.4, -0.2) is 18.3 Å². The van der Waals surface area contributed by atoms with Crippen LogP contribution in [0.3, 0.4) is 0 Å². The Morgan fingerprint density at radius 2 is 1.67 bits per heavy atom. The molecule has 3 nitrogen and oxygen atoms in total. The molecule has 6 rings (SSSR count). The highest BCUT2D eigenvalue weighted by Crippen LogP contribution is 2.78. The third-order valence-corrected chi connectivity index (χ3v) is 15.1. The van der Waals surface area contributed by atoms with Gasteiger partial charge in [0.1, 0.15) is 5.82 Å². The summed E-state index contributed by atoms with van der Waals surface area (Å²) in [6, 6.07) is 4.97. The van der Waals surface area contributed by atoms with Gasteiger partial charge in [-0.25, -0.2) is 9.18 Å². The van der Waals surface area contributed by atoms with E-state index >= 15 is 4.39 Å². The molecule has 0 bridgehead atoms. The van der Waals surface area contributed by atoms with E-state index < -0.39 is 11.8 Å². The van der Waals surface area contributed by atoms with E-state index in [-0.39, 0.29) is 37.9 Å². The Labute approximate surface area is 263 Å². The molecule has 0 amide bonds. The minimum atomic E-state index is -0.647. The summed E-state index contributed by atoms with van der Waals surface area (Å²) in [5.74, 6) is 1.02. The van der Waals surface area contributed by atoms with Crippen LogP contribution >= 0.6 is 11.6 Å². The molecule has 0 spiro atoms. The molecule has 234 valence electrons. The summed E-state index contributed by atoms with van der Waals surface area (Å²) < 4.78 is 19.8. The van der Waals surface area contributed by atoms with Crippen molar-refractivity contribution in [3.05, 3.63) is 53.4 Å². The second-order valence-electron chi connectivity index (χ2n) is 16.3. The van der Waals surface area contributed by atoms with Crippen LogP contribution in [-0.2, 0) is 9.53 Å². The first-order valence-corrected chi connectivity index (χ1v) is 16.9. The molecule has 1 aromatic carbocycles. The molecule has 0 N–H and O–H groups in total. The summed E-state index contributed by atoms with van der Waals surface area (Å²) >= 11 is 6.50. The Balaban J connectivity index is 1.37. The number of methoxy groups -OCH3 is 1. The average Bonchev–Trinajstić information content (AvgIpc) is 3.34. The normalized spacial score (nSPS) is 42.9. The number of hydrogen-bond donors (Lipinski definition) is 0. The number of benzene rings is 1. The Kier molecular flexibility index (Phi) is 7.25. The van der Waals surface area contributed by atoms with E-state index in [0.29, 0.717) is 29.6 Å². The molecule has 1 aromatic rings. The summed E-state index contributed by atoms with van der Waals surface area (Å²) in [4.78, 5) is 25.2. The highest BCUT2D eigenvalue weighted by atomic mass is 35.5. The minimum Gasteiger partial charge on any atom is -0.465 e. The summed E-state index contributed by atoms with van der Waals surface area (Å²) in [6.45, 7) is 19.0. The summed E-state index contributed by atoms with van der Waals surface area (Å²) in [6.07, 6.45) is 11.9. The van der Waals surface area contributed by atoms with Crippen LogP contribution in [0.25, 0.3) is 5.57 Å². The highest BCUT2D eigenvalue weighted by Gasteiger charge is 2.71. The molecule has 4 fully saturated rings. The number of esters is 1. The molecule has 0 aliphatic heterocycles. The van der Waals surface area contributed by atoms with E-state index in [1.807, 2.05) is 6.07 Å². The Bertz CT molecular complexity index is 1410. The SMILES string of the molecule is C=C(C)[C@@H]1CC[C@]2(C(=O)Cl)CC[C@]3(C)[C@H](CC[C@@H]4[C@@]5(C)CC=C(c6ccc(C(=O)OC)c(F)c6)C(C)(C)[C@@H]5CC[C@]43C)[C@@H]12. The van der Waals surface area contributed by atoms with Crippen molar-refractivity contribution in [2.24, 2.45) is 56.7 Å². The van der Waals surface area contributed by atoms with Crippen molar-refractivity contribution >= 4 is 28.4 Å². The lowest BCUT2D eigenvalue weighted by Gasteiger charge is -2.72. The van der Waals surface area contributed by atoms with E-state index in [1.165, 1.54) is 37.2 Å². The number of allylic oxidation sites excluding steroid dienone is 3. The van der Waals surface area contributed by atoms with Gasteiger partial charge in [0.05, 0.1) is 12.7 Å². The molecule has 0 saturated heterocycles. The van der Waals surface area contributed by atoms with E-state index in [1.54, 1.807) is 6.07 Å². The maximum Gasteiger partial charge on any atom is 0.340 e. The van der Waals surface area contributed by atoms with Crippen LogP contribution in [0.4, 0.5) is 4.39 Å². The van der Waals surface area contributed by atoms with Gasteiger partial charge < -0.3 is 4.74 Å². The predicted octanol–water partition coefficient (Wildman–Crippen LogP) is 10.0. The number of carbonyl (C=O) groups is 2. The molecule has 0 unspecified atom stereocenters. The van der Waals surface area contributed by atoms with Crippen molar-refractivity contribution in [1.82, 2.24) is 0 Å². The number of ether oxygens (including phenoxy) is 1. The topological polar surface area (TPSA) is 43.4 Å². The van der Waals surface area contributed by atoms with Crippen molar-refractivity contribution in [1.29, 1.82) is 0 Å². The zero-order valence-corrected chi connectivity index (χ0v) is 28.0. The van der Waals surface area contributed by atoms with Gasteiger partial charge in [0.25, 0.3) is 0 Å². The minimum absolute atomic E-state index is 0.0211. The van der Waals surface area contributed by atoms with Gasteiger partial charge in [0, 0.05) is 5.41 Å². The fourth-order valence-electron chi connectivity index (χ4n) is 12.5. The van der Waals surface area contributed by atoms with Crippen LogP contribution in [0, 0.1) is 62.5 Å². The average molecular weight is 609 g/mol. The quantitative estimate of drug-likeness (QED) is 0.194. The lowest BCUT2D eigenvalue weighted by atomic mass is 9.32. The molecule has 4 saturated carbocycles. The van der Waals surface area contributed by atoms with Crippen molar-refractivity contribution < 1.29 is 18.7 Å². The highest BCUT2D eigenvalue weighted by molar-refractivity contribution is 6.64. The van der Waals surface area contributed by atoms with Gasteiger partial charge in [-0.1, -0.05) is 58.9 Å². The number of rotatable bonds is 4. The summed E-state index contributed by atoms with van der Waals surface area (Å²) in [5.41, 5.74) is 3.15. The molecule has 0 radical (unpaired) electrons. The van der Waals surface area contributed by atoms with Crippen LogP contribution in [0.5, 0.6) is 0 Å². The van der Waals surface area contributed by atoms with Crippen molar-refractivity contribution in [3.63, 3.8) is 0 Å². The van der Waals surface area contributed by atoms with E-state index in [9.17, 15) is 9.59 Å². The van der Waals surface area contributed by atoms with Crippen molar-refractivity contribution in [2.75, 3.05) is 7.11 Å². The maximum absolute atomic E-state index is 15.1. The summed E-state index contributed by atoms with van der Waals surface area (Å²) in [5, 5.41) is -0.103. The fourth-order valence-corrected chi connectivity index (χ4v) is 12.9.